The number of rotatable bonds is 4. The Labute approximate surface area is 105 Å². The third-order valence-corrected chi connectivity index (χ3v) is 2.89. The van der Waals surface area contributed by atoms with E-state index < -0.39 is 18.1 Å². The molecule has 0 fully saturated rings. The van der Waals surface area contributed by atoms with E-state index in [0.29, 0.717) is 5.56 Å². The van der Waals surface area contributed by atoms with E-state index in [2.05, 4.69) is 0 Å². The van der Waals surface area contributed by atoms with E-state index in [9.17, 15) is 15.0 Å². The number of aliphatic hydroxyl groups is 2. The molecule has 0 bridgehead atoms. The summed E-state index contributed by atoms with van der Waals surface area (Å²) in [7, 11) is 0. The van der Waals surface area contributed by atoms with E-state index in [1.807, 2.05) is 30.3 Å². The second kappa shape index (κ2) is 5.16. The van der Waals surface area contributed by atoms with Crippen LogP contribution in [0.1, 0.15) is 18.1 Å². The molecule has 18 heavy (non-hydrogen) atoms. The first-order chi connectivity index (χ1) is 8.58. The predicted octanol–water partition coefficient (Wildman–Crippen LogP) is 1.11. The van der Waals surface area contributed by atoms with Crippen LogP contribution in [0.2, 0.25) is 0 Å². The number of carbonyl (C=O) groups is 1. The third kappa shape index (κ3) is 2.67. The zero-order valence-electron chi connectivity index (χ0n) is 9.78. The summed E-state index contributed by atoms with van der Waals surface area (Å²) in [5, 5.41) is 21.6. The summed E-state index contributed by atoms with van der Waals surface area (Å²) in [5.41, 5.74) is 5.56. The van der Waals surface area contributed by atoms with E-state index in [-0.39, 0.29) is 6.42 Å². The first-order valence-corrected chi connectivity index (χ1v) is 5.71. The highest BCUT2D eigenvalue weighted by molar-refractivity contribution is 5.83. The van der Waals surface area contributed by atoms with Crippen LogP contribution in [0.5, 0.6) is 0 Å². The van der Waals surface area contributed by atoms with Crippen molar-refractivity contribution in [2.45, 2.75) is 18.6 Å². The normalized spacial score (nSPS) is 14.3. The van der Waals surface area contributed by atoms with Crippen LogP contribution in [-0.2, 0) is 4.79 Å². The average molecular weight is 245 g/mol. The number of hydrogen-bond donors (Lipinski definition) is 3. The second-order valence-corrected chi connectivity index (χ2v) is 4.29. The lowest BCUT2D eigenvalue weighted by atomic mass is 9.99. The third-order valence-electron chi connectivity index (χ3n) is 2.89. The molecule has 2 rings (SSSR count). The fraction of sp³-hybridized carbons (Fsp3) is 0.214. The Morgan fingerprint density at radius 2 is 1.78 bits per heavy atom. The second-order valence-electron chi connectivity index (χ2n) is 4.29. The van der Waals surface area contributed by atoms with E-state index in [4.69, 9.17) is 5.73 Å². The molecule has 2 unspecified atom stereocenters. The van der Waals surface area contributed by atoms with Crippen molar-refractivity contribution in [1.29, 1.82) is 0 Å². The van der Waals surface area contributed by atoms with Crippen molar-refractivity contribution >= 4 is 16.7 Å². The molecular weight excluding hydrogens is 230 g/mol. The molecule has 0 heterocycles. The maximum Gasteiger partial charge on any atom is 0.220 e. The zero-order chi connectivity index (χ0) is 13.1. The fourth-order valence-corrected chi connectivity index (χ4v) is 1.93. The van der Waals surface area contributed by atoms with E-state index in [0.717, 1.165) is 10.8 Å². The van der Waals surface area contributed by atoms with Crippen LogP contribution in [0.3, 0.4) is 0 Å². The van der Waals surface area contributed by atoms with Crippen LogP contribution in [0.15, 0.2) is 42.5 Å². The fourth-order valence-electron chi connectivity index (χ4n) is 1.93. The molecule has 0 aromatic heterocycles. The van der Waals surface area contributed by atoms with Gasteiger partial charge in [0.1, 0.15) is 6.10 Å². The van der Waals surface area contributed by atoms with Crippen LogP contribution in [-0.4, -0.2) is 22.2 Å². The number of benzene rings is 2. The van der Waals surface area contributed by atoms with Crippen LogP contribution >= 0.6 is 0 Å². The van der Waals surface area contributed by atoms with E-state index in [1.165, 1.54) is 0 Å². The summed E-state index contributed by atoms with van der Waals surface area (Å²) in [6.45, 7) is 0. The average Bonchev–Trinajstić information content (AvgIpc) is 2.36. The molecule has 0 aliphatic carbocycles. The van der Waals surface area contributed by atoms with E-state index >= 15 is 0 Å². The van der Waals surface area contributed by atoms with Crippen molar-refractivity contribution in [2.24, 2.45) is 5.73 Å². The van der Waals surface area contributed by atoms with Crippen LogP contribution in [0.4, 0.5) is 0 Å². The summed E-state index contributed by atoms with van der Waals surface area (Å²) < 4.78 is 0. The first kappa shape index (κ1) is 12.5. The molecule has 2 atom stereocenters. The van der Waals surface area contributed by atoms with Crippen LogP contribution in [0.25, 0.3) is 10.8 Å². The van der Waals surface area contributed by atoms with E-state index in [1.54, 1.807) is 12.1 Å². The summed E-state index contributed by atoms with van der Waals surface area (Å²) in [5.74, 6) is -0.637. The molecule has 2 aromatic rings. The Morgan fingerprint density at radius 3 is 2.44 bits per heavy atom. The highest BCUT2D eigenvalue weighted by Crippen LogP contribution is 2.23. The van der Waals surface area contributed by atoms with Gasteiger partial charge in [0.25, 0.3) is 0 Å². The van der Waals surface area contributed by atoms with Crippen molar-refractivity contribution in [3.05, 3.63) is 48.0 Å². The predicted molar refractivity (Wildman–Crippen MR) is 68.7 cm³/mol. The molecule has 0 aliphatic heterocycles. The summed E-state index contributed by atoms with van der Waals surface area (Å²) in [6, 6.07) is 13.1. The minimum Gasteiger partial charge on any atom is -0.390 e. The quantitative estimate of drug-likeness (QED) is 0.754. The van der Waals surface area contributed by atoms with Gasteiger partial charge in [0.15, 0.2) is 0 Å². The molecule has 0 saturated carbocycles. The van der Waals surface area contributed by atoms with Gasteiger partial charge in [0.05, 0.1) is 12.5 Å². The van der Waals surface area contributed by atoms with Crippen molar-refractivity contribution in [2.75, 3.05) is 0 Å². The molecule has 4 nitrogen and oxygen atoms in total. The SMILES string of the molecule is NC(=O)CC(O)C(O)c1ccc2ccccc2c1. The number of aliphatic hydroxyl groups excluding tert-OH is 2. The van der Waals surface area contributed by atoms with Crippen LogP contribution in [0, 0.1) is 0 Å². The molecule has 4 heteroatoms. The number of nitrogens with two attached hydrogens (primary N) is 1. The number of hydrogen-bond acceptors (Lipinski definition) is 3. The van der Waals surface area contributed by atoms with Gasteiger partial charge in [-0.1, -0.05) is 36.4 Å². The van der Waals surface area contributed by atoms with Gasteiger partial charge in [-0.2, -0.15) is 0 Å². The lowest BCUT2D eigenvalue weighted by molar-refractivity contribution is -0.121. The number of primary amides is 1. The van der Waals surface area contributed by atoms with Gasteiger partial charge in [0.2, 0.25) is 5.91 Å². The monoisotopic (exact) mass is 245 g/mol. The highest BCUT2D eigenvalue weighted by atomic mass is 16.3. The Bertz CT molecular complexity index is 568. The molecule has 0 aliphatic rings. The van der Waals surface area contributed by atoms with Gasteiger partial charge >= 0.3 is 0 Å². The summed E-state index contributed by atoms with van der Waals surface area (Å²) in [4.78, 5) is 10.7. The summed E-state index contributed by atoms with van der Waals surface area (Å²) in [6.07, 6.45) is -2.54. The van der Waals surface area contributed by atoms with Crippen LogP contribution < -0.4 is 5.73 Å². The minimum atomic E-state index is -1.18. The lowest BCUT2D eigenvalue weighted by Gasteiger charge is -2.17. The zero-order valence-corrected chi connectivity index (χ0v) is 9.78. The van der Waals surface area contributed by atoms with Gasteiger partial charge < -0.3 is 15.9 Å². The first-order valence-electron chi connectivity index (χ1n) is 5.71. The maximum atomic E-state index is 10.7. The molecule has 0 saturated heterocycles. The molecule has 94 valence electrons. The Kier molecular flexibility index (Phi) is 3.60. The Hall–Kier alpha value is -1.91. The van der Waals surface area contributed by atoms with Gasteiger partial charge in [-0.25, -0.2) is 0 Å². The topological polar surface area (TPSA) is 83.6 Å². The molecule has 1 amide bonds. The molecule has 0 radical (unpaired) electrons. The molecule has 0 spiro atoms. The van der Waals surface area contributed by atoms with Crippen molar-refractivity contribution in [3.63, 3.8) is 0 Å². The Balaban J connectivity index is 2.27. The van der Waals surface area contributed by atoms with Gasteiger partial charge in [-0.05, 0) is 22.4 Å². The van der Waals surface area contributed by atoms with Gasteiger partial charge in [0, 0.05) is 0 Å². The Morgan fingerprint density at radius 1 is 1.11 bits per heavy atom. The van der Waals surface area contributed by atoms with Gasteiger partial charge in [-0.15, -0.1) is 0 Å². The van der Waals surface area contributed by atoms with Crippen molar-refractivity contribution in [1.82, 2.24) is 0 Å². The smallest absolute Gasteiger partial charge is 0.220 e. The minimum absolute atomic E-state index is 0.256. The van der Waals surface area contributed by atoms with Gasteiger partial charge in [-0.3, -0.25) is 4.79 Å². The molecular formula is C14H15NO3. The van der Waals surface area contributed by atoms with Crippen molar-refractivity contribution in [3.8, 4) is 0 Å². The summed E-state index contributed by atoms with van der Waals surface area (Å²) >= 11 is 0. The maximum absolute atomic E-state index is 10.7. The lowest BCUT2D eigenvalue weighted by Crippen LogP contribution is -2.25. The number of amides is 1. The largest absolute Gasteiger partial charge is 0.390 e. The highest BCUT2D eigenvalue weighted by Gasteiger charge is 2.20. The van der Waals surface area contributed by atoms with Crippen molar-refractivity contribution < 1.29 is 15.0 Å². The molecule has 2 aromatic carbocycles. The number of fused-ring (bicyclic) bond motifs is 1. The molecule has 4 N–H and O–H groups in total. The standard InChI is InChI=1S/C14H15NO3/c15-13(17)8-12(16)14(18)11-6-5-9-3-1-2-4-10(9)7-11/h1-7,12,14,16,18H,8H2,(H2,15,17). The number of carbonyl (C=O) groups excluding carboxylic acids is 1.